The number of hydrogen-bond acceptors (Lipinski definition) is 3. The summed E-state index contributed by atoms with van der Waals surface area (Å²) < 4.78 is 13.9. The molecule has 0 saturated heterocycles. The molecule has 0 unspecified atom stereocenters. The summed E-state index contributed by atoms with van der Waals surface area (Å²) in [5, 5.41) is 11.0. The number of rotatable bonds is 0. The number of halogens is 1. The van der Waals surface area contributed by atoms with Crippen molar-refractivity contribution in [3.8, 4) is 5.75 Å². The van der Waals surface area contributed by atoms with Crippen molar-refractivity contribution in [1.82, 2.24) is 0 Å². The molecule has 2 aromatic rings. The summed E-state index contributed by atoms with van der Waals surface area (Å²) in [6.45, 7) is 0. The van der Waals surface area contributed by atoms with E-state index in [2.05, 4.69) is 0 Å². The van der Waals surface area contributed by atoms with Crippen molar-refractivity contribution in [1.29, 1.82) is 0 Å². The maximum absolute atomic E-state index is 13.2. The van der Waals surface area contributed by atoms with Crippen LogP contribution in [0.15, 0.2) is 17.5 Å². The van der Waals surface area contributed by atoms with Crippen molar-refractivity contribution in [2.24, 2.45) is 0 Å². The molecular formula is C8H6FNOS. The molecular weight excluding hydrogens is 177 g/mol. The Bertz CT molecular complexity index is 438. The molecule has 0 radical (unpaired) electrons. The van der Waals surface area contributed by atoms with E-state index in [1.165, 1.54) is 17.4 Å². The first kappa shape index (κ1) is 7.36. The molecule has 1 aromatic carbocycles. The molecule has 0 bridgehead atoms. The quantitative estimate of drug-likeness (QED) is 0.658. The SMILES string of the molecule is Nc1csc2ccc(O)c(F)c12. The summed E-state index contributed by atoms with van der Waals surface area (Å²) in [6, 6.07) is 2.97. The number of phenols is 1. The molecule has 0 spiro atoms. The molecule has 0 aliphatic rings. The van der Waals surface area contributed by atoms with Gasteiger partial charge < -0.3 is 10.8 Å². The molecule has 12 heavy (non-hydrogen) atoms. The lowest BCUT2D eigenvalue weighted by molar-refractivity contribution is 0.436. The van der Waals surface area contributed by atoms with E-state index in [1.54, 1.807) is 11.4 Å². The standard InChI is InChI=1S/C8H6FNOS/c9-8-5(11)1-2-6-7(8)4(10)3-12-6/h1-3,11H,10H2. The van der Waals surface area contributed by atoms with Crippen LogP contribution in [0.2, 0.25) is 0 Å². The zero-order valence-corrected chi connectivity index (χ0v) is 6.86. The van der Waals surface area contributed by atoms with Crippen LogP contribution in [-0.4, -0.2) is 5.11 Å². The van der Waals surface area contributed by atoms with E-state index >= 15 is 0 Å². The van der Waals surface area contributed by atoms with Crippen molar-refractivity contribution in [3.05, 3.63) is 23.3 Å². The van der Waals surface area contributed by atoms with Gasteiger partial charge in [0, 0.05) is 10.1 Å². The molecule has 2 rings (SSSR count). The number of nitrogens with two attached hydrogens (primary N) is 1. The van der Waals surface area contributed by atoms with Crippen molar-refractivity contribution in [3.63, 3.8) is 0 Å². The third kappa shape index (κ3) is 0.848. The van der Waals surface area contributed by atoms with E-state index in [0.29, 0.717) is 11.1 Å². The van der Waals surface area contributed by atoms with Gasteiger partial charge in [-0.15, -0.1) is 11.3 Å². The first-order chi connectivity index (χ1) is 5.70. The highest BCUT2D eigenvalue weighted by Gasteiger charge is 2.09. The number of benzene rings is 1. The molecule has 1 aromatic heterocycles. The number of thiophene rings is 1. The summed E-state index contributed by atoms with van der Waals surface area (Å²) in [5.74, 6) is -0.987. The van der Waals surface area contributed by atoms with Crippen LogP contribution in [0, 0.1) is 5.82 Å². The summed E-state index contributed by atoms with van der Waals surface area (Å²) in [5.41, 5.74) is 5.88. The average molecular weight is 183 g/mol. The van der Waals surface area contributed by atoms with Crippen molar-refractivity contribution in [2.75, 3.05) is 5.73 Å². The van der Waals surface area contributed by atoms with E-state index < -0.39 is 5.82 Å². The lowest BCUT2D eigenvalue weighted by Crippen LogP contribution is -1.84. The van der Waals surface area contributed by atoms with Crippen LogP contribution < -0.4 is 5.73 Å². The van der Waals surface area contributed by atoms with Crippen LogP contribution in [0.25, 0.3) is 10.1 Å². The second kappa shape index (κ2) is 2.35. The second-order valence-corrected chi connectivity index (χ2v) is 3.37. The van der Waals surface area contributed by atoms with Crippen LogP contribution in [0.1, 0.15) is 0 Å². The third-order valence-corrected chi connectivity index (χ3v) is 2.65. The summed E-state index contributed by atoms with van der Waals surface area (Å²) in [7, 11) is 0. The first-order valence-corrected chi connectivity index (χ1v) is 4.22. The number of phenolic OH excluding ortho intramolecular Hbond substituents is 1. The van der Waals surface area contributed by atoms with Gasteiger partial charge in [0.15, 0.2) is 11.6 Å². The highest BCUT2D eigenvalue weighted by Crippen LogP contribution is 2.33. The fourth-order valence-corrected chi connectivity index (χ4v) is 1.94. The second-order valence-electron chi connectivity index (χ2n) is 2.46. The number of anilines is 1. The molecule has 0 fully saturated rings. The van der Waals surface area contributed by atoms with Crippen molar-refractivity contribution >= 4 is 27.1 Å². The number of aromatic hydroxyl groups is 1. The van der Waals surface area contributed by atoms with Gasteiger partial charge >= 0.3 is 0 Å². The molecule has 1 heterocycles. The lowest BCUT2D eigenvalue weighted by atomic mass is 10.2. The summed E-state index contributed by atoms with van der Waals surface area (Å²) >= 11 is 1.36. The van der Waals surface area contributed by atoms with E-state index in [9.17, 15) is 4.39 Å². The molecule has 0 saturated carbocycles. The van der Waals surface area contributed by atoms with Gasteiger partial charge in [0.1, 0.15) is 0 Å². The first-order valence-electron chi connectivity index (χ1n) is 3.34. The Morgan fingerprint density at radius 2 is 2.17 bits per heavy atom. The minimum Gasteiger partial charge on any atom is -0.505 e. The van der Waals surface area contributed by atoms with Crippen LogP contribution in [0.5, 0.6) is 5.75 Å². The lowest BCUT2D eigenvalue weighted by Gasteiger charge is -1.96. The van der Waals surface area contributed by atoms with Gasteiger partial charge in [-0.2, -0.15) is 0 Å². The summed E-state index contributed by atoms with van der Waals surface area (Å²) in [6.07, 6.45) is 0. The number of fused-ring (bicyclic) bond motifs is 1. The Balaban J connectivity index is 2.96. The predicted octanol–water partition coefficient (Wildman–Crippen LogP) is 2.33. The Hall–Kier alpha value is -1.29. The van der Waals surface area contributed by atoms with Gasteiger partial charge in [-0.05, 0) is 12.1 Å². The molecule has 0 amide bonds. The fraction of sp³-hybridized carbons (Fsp3) is 0. The van der Waals surface area contributed by atoms with Gasteiger partial charge in [0.05, 0.1) is 11.1 Å². The highest BCUT2D eigenvalue weighted by atomic mass is 32.1. The van der Waals surface area contributed by atoms with Gasteiger partial charge in [0.25, 0.3) is 0 Å². The largest absolute Gasteiger partial charge is 0.505 e. The van der Waals surface area contributed by atoms with Crippen LogP contribution in [0.4, 0.5) is 10.1 Å². The van der Waals surface area contributed by atoms with Gasteiger partial charge in [-0.1, -0.05) is 0 Å². The highest BCUT2D eigenvalue weighted by molar-refractivity contribution is 7.17. The molecule has 3 N–H and O–H groups in total. The Labute approximate surface area is 72.1 Å². The molecule has 0 aliphatic heterocycles. The zero-order chi connectivity index (χ0) is 8.72. The summed E-state index contributed by atoms with van der Waals surface area (Å²) in [4.78, 5) is 0. The van der Waals surface area contributed by atoms with E-state index in [1.807, 2.05) is 0 Å². The van der Waals surface area contributed by atoms with Gasteiger partial charge in [-0.25, -0.2) is 4.39 Å². The normalized spacial score (nSPS) is 10.8. The third-order valence-electron chi connectivity index (χ3n) is 1.68. The van der Waals surface area contributed by atoms with Crippen LogP contribution >= 0.6 is 11.3 Å². The Kier molecular flexibility index (Phi) is 1.44. The minimum absolute atomic E-state index is 0.319. The maximum Gasteiger partial charge on any atom is 0.175 e. The average Bonchev–Trinajstić information content (AvgIpc) is 2.41. The van der Waals surface area contributed by atoms with Crippen LogP contribution in [-0.2, 0) is 0 Å². The van der Waals surface area contributed by atoms with Crippen molar-refractivity contribution < 1.29 is 9.50 Å². The van der Waals surface area contributed by atoms with E-state index in [-0.39, 0.29) is 5.75 Å². The monoisotopic (exact) mass is 183 g/mol. The fourth-order valence-electron chi connectivity index (χ4n) is 1.10. The molecule has 62 valence electrons. The maximum atomic E-state index is 13.2. The molecule has 0 atom stereocenters. The number of nitrogen functional groups attached to an aromatic ring is 1. The predicted molar refractivity (Wildman–Crippen MR) is 47.9 cm³/mol. The van der Waals surface area contributed by atoms with Crippen molar-refractivity contribution in [2.45, 2.75) is 0 Å². The topological polar surface area (TPSA) is 46.2 Å². The van der Waals surface area contributed by atoms with Crippen LogP contribution in [0.3, 0.4) is 0 Å². The number of hydrogen-bond donors (Lipinski definition) is 2. The molecule has 2 nitrogen and oxygen atoms in total. The minimum atomic E-state index is -0.633. The molecule has 4 heteroatoms. The smallest absolute Gasteiger partial charge is 0.175 e. The Morgan fingerprint density at radius 3 is 2.92 bits per heavy atom. The van der Waals surface area contributed by atoms with E-state index in [4.69, 9.17) is 10.8 Å². The molecule has 0 aliphatic carbocycles. The Morgan fingerprint density at radius 1 is 1.42 bits per heavy atom. The van der Waals surface area contributed by atoms with E-state index in [0.717, 1.165) is 4.70 Å². The van der Waals surface area contributed by atoms with Gasteiger partial charge in [0.2, 0.25) is 0 Å². The zero-order valence-electron chi connectivity index (χ0n) is 6.04. The van der Waals surface area contributed by atoms with Gasteiger partial charge in [-0.3, -0.25) is 0 Å².